The van der Waals surface area contributed by atoms with E-state index in [1.54, 1.807) is 50.2 Å². The van der Waals surface area contributed by atoms with Gasteiger partial charge < -0.3 is 56.2 Å². The molecule has 23 heteroatoms. The molecule has 4 aliphatic rings. The van der Waals surface area contributed by atoms with Crippen molar-refractivity contribution in [3.05, 3.63) is 110 Å². The zero-order valence-corrected chi connectivity index (χ0v) is 41.3. The number of carbonyl (C=O) groups excluding carboxylic acids is 8. The summed E-state index contributed by atoms with van der Waals surface area (Å²) in [5.41, 5.74) is 2.38. The minimum Gasteiger partial charge on any atom is -0.380 e. The first-order valence-electron chi connectivity index (χ1n) is 24.7. The summed E-state index contributed by atoms with van der Waals surface area (Å²) in [6.45, 7) is 1.09. The fraction of sp³-hybridized carbons (Fsp3) is 0.423. The van der Waals surface area contributed by atoms with E-state index in [0.717, 1.165) is 10.5 Å². The van der Waals surface area contributed by atoms with Crippen LogP contribution in [0.4, 0.5) is 4.39 Å². The van der Waals surface area contributed by atoms with Crippen LogP contribution in [0.1, 0.15) is 90.4 Å². The number of benzene rings is 2. The lowest BCUT2D eigenvalue weighted by molar-refractivity contribution is -0.236. The van der Waals surface area contributed by atoms with Crippen molar-refractivity contribution in [3.8, 4) is 11.4 Å². The number of carbonyl (C=O) groups is 8. The van der Waals surface area contributed by atoms with Crippen molar-refractivity contribution in [2.24, 2.45) is 0 Å². The Morgan fingerprint density at radius 1 is 0.880 bits per heavy atom. The second-order valence-corrected chi connectivity index (χ2v) is 18.8. The van der Waals surface area contributed by atoms with Gasteiger partial charge >= 0.3 is 0 Å². The number of unbranched alkanes of at least 4 members (excludes halogenated alkanes) is 2. The Morgan fingerprint density at radius 3 is 2.33 bits per heavy atom. The molecule has 5 heterocycles. The van der Waals surface area contributed by atoms with Crippen LogP contribution in [0.3, 0.4) is 0 Å². The Labute approximate surface area is 428 Å². The van der Waals surface area contributed by atoms with Gasteiger partial charge in [0.1, 0.15) is 30.8 Å². The van der Waals surface area contributed by atoms with Gasteiger partial charge in [-0.3, -0.25) is 48.1 Å². The monoisotopic (exact) mass is 1040 g/mol. The highest BCUT2D eigenvalue weighted by Crippen LogP contribution is 2.46. The number of rotatable bonds is 22. The van der Waals surface area contributed by atoms with Gasteiger partial charge in [0.2, 0.25) is 35.4 Å². The Hall–Kier alpha value is -7.73. The third-order valence-electron chi connectivity index (χ3n) is 13.9. The topological polar surface area (TPSA) is 306 Å². The average Bonchev–Trinajstić information content (AvgIpc) is 3.97. The molecular formula is C52H58FN9O13. The number of aromatic nitrogens is 2. The second-order valence-electron chi connectivity index (χ2n) is 18.8. The lowest BCUT2D eigenvalue weighted by Crippen LogP contribution is -2.52. The minimum atomic E-state index is -1.86. The number of hydrogen-bond donors (Lipinski definition) is 8. The van der Waals surface area contributed by atoms with Gasteiger partial charge in [-0.25, -0.2) is 9.37 Å². The van der Waals surface area contributed by atoms with Gasteiger partial charge in [-0.2, -0.15) is 0 Å². The van der Waals surface area contributed by atoms with E-state index in [2.05, 4.69) is 31.9 Å². The van der Waals surface area contributed by atoms with Gasteiger partial charge in [0.15, 0.2) is 6.29 Å². The van der Waals surface area contributed by atoms with Crippen LogP contribution in [0.5, 0.6) is 0 Å². The van der Waals surface area contributed by atoms with Crippen molar-refractivity contribution in [3.63, 3.8) is 0 Å². The van der Waals surface area contributed by atoms with Crippen LogP contribution in [0.2, 0.25) is 0 Å². The Kier molecular flexibility index (Phi) is 16.6. The molecule has 396 valence electrons. The number of halogens is 1. The molecule has 3 aliphatic heterocycles. The number of aryl methyl sites for hydroxylation is 1. The number of fused-ring (bicyclic) bond motifs is 5. The summed E-state index contributed by atoms with van der Waals surface area (Å²) in [7, 11) is 0. The van der Waals surface area contributed by atoms with Gasteiger partial charge in [-0.05, 0) is 67.3 Å². The van der Waals surface area contributed by atoms with E-state index in [1.807, 2.05) is 0 Å². The first kappa shape index (κ1) is 53.6. The summed E-state index contributed by atoms with van der Waals surface area (Å²) in [4.78, 5) is 120. The average molecular weight is 1040 g/mol. The number of aliphatic hydroxyl groups excluding tert-OH is 1. The summed E-state index contributed by atoms with van der Waals surface area (Å²) in [5, 5.41) is 38.1. The number of aliphatic hydroxyl groups is 2. The van der Waals surface area contributed by atoms with Crippen LogP contribution in [0.15, 0.2) is 59.4 Å². The molecule has 0 fully saturated rings. The van der Waals surface area contributed by atoms with Crippen molar-refractivity contribution in [1.29, 1.82) is 0 Å². The van der Waals surface area contributed by atoms with Crippen LogP contribution in [0.25, 0.3) is 22.3 Å². The molecule has 0 bridgehead atoms. The van der Waals surface area contributed by atoms with E-state index in [-0.39, 0.29) is 61.9 Å². The van der Waals surface area contributed by atoms with Crippen molar-refractivity contribution in [1.82, 2.24) is 46.4 Å². The number of amides is 8. The van der Waals surface area contributed by atoms with Crippen LogP contribution in [-0.4, -0.2) is 124 Å². The number of nitrogens with one attached hydrogen (secondary N) is 6. The maximum Gasteiger partial charge on any atom is 0.257 e. The lowest BCUT2D eigenvalue weighted by atomic mass is 9.81. The predicted molar refractivity (Wildman–Crippen MR) is 264 cm³/mol. The Balaban J connectivity index is 0.804. The number of pyridine rings is 2. The maximum atomic E-state index is 15.4. The quantitative estimate of drug-likeness (QED) is 0.0259. The van der Waals surface area contributed by atoms with Gasteiger partial charge in [-0.15, -0.1) is 0 Å². The van der Waals surface area contributed by atoms with Crippen molar-refractivity contribution in [2.45, 2.75) is 102 Å². The summed E-state index contributed by atoms with van der Waals surface area (Å²) >= 11 is 0. The molecule has 0 radical (unpaired) electrons. The third kappa shape index (κ3) is 11.8. The number of ether oxygens (including phenoxy) is 2. The fourth-order valence-corrected chi connectivity index (χ4v) is 9.87. The van der Waals surface area contributed by atoms with Gasteiger partial charge in [0.05, 0.1) is 55.7 Å². The van der Waals surface area contributed by atoms with Gasteiger partial charge in [-0.1, -0.05) is 43.7 Å². The molecule has 8 rings (SSSR count). The summed E-state index contributed by atoms with van der Waals surface area (Å²) in [6, 6.07) is 9.93. The Morgan fingerprint density at radius 2 is 1.59 bits per heavy atom. The van der Waals surface area contributed by atoms with Gasteiger partial charge in [0.25, 0.3) is 17.4 Å². The molecule has 4 atom stereocenters. The number of imide groups is 1. The lowest BCUT2D eigenvalue weighted by Gasteiger charge is -2.37. The summed E-state index contributed by atoms with van der Waals surface area (Å²) in [6.07, 6.45) is 3.38. The van der Waals surface area contributed by atoms with E-state index >= 15 is 4.39 Å². The molecule has 8 amide bonds. The van der Waals surface area contributed by atoms with Crippen LogP contribution in [0, 0.1) is 12.7 Å². The van der Waals surface area contributed by atoms with Gasteiger partial charge in [0, 0.05) is 59.7 Å². The summed E-state index contributed by atoms with van der Waals surface area (Å²) in [5.74, 6) is -4.89. The molecule has 2 aromatic carbocycles. The SMILES string of the molecule is CC[C@]1(O)c2cc3n(c(=O)c2COC1O)Cc1c-3nc2cc(F)c(C)c3c2c1[C@@H](NC(=O)COCNC(=O)CNC(=O)[C@H](Cc1ccccc1)NC(=O)CNC(=O)CNC(=O)CCCCCN1C(=O)C=CC1=O)CC3. The van der Waals surface area contributed by atoms with Crippen molar-refractivity contribution >= 4 is 58.2 Å². The number of hydrogen-bond acceptors (Lipinski definition) is 14. The highest BCUT2D eigenvalue weighted by molar-refractivity contribution is 6.12. The first-order valence-corrected chi connectivity index (χ1v) is 24.7. The first-order chi connectivity index (χ1) is 36.0. The molecule has 0 spiro atoms. The zero-order valence-electron chi connectivity index (χ0n) is 41.3. The van der Waals surface area contributed by atoms with E-state index in [1.165, 1.54) is 22.8 Å². The molecule has 75 heavy (non-hydrogen) atoms. The van der Waals surface area contributed by atoms with Crippen LogP contribution < -0.4 is 37.5 Å². The Bertz CT molecular complexity index is 3040. The zero-order chi connectivity index (χ0) is 53.6. The predicted octanol–water partition coefficient (Wildman–Crippen LogP) is 0.0742. The molecule has 0 saturated heterocycles. The molecule has 8 N–H and O–H groups in total. The minimum absolute atomic E-state index is 0.0394. The highest BCUT2D eigenvalue weighted by atomic mass is 19.1. The second kappa shape index (κ2) is 23.2. The largest absolute Gasteiger partial charge is 0.380 e. The highest BCUT2D eigenvalue weighted by Gasteiger charge is 2.45. The van der Waals surface area contributed by atoms with E-state index < -0.39 is 104 Å². The third-order valence-corrected chi connectivity index (χ3v) is 13.9. The molecule has 4 aromatic rings. The smallest absolute Gasteiger partial charge is 0.257 e. The van der Waals surface area contributed by atoms with Crippen molar-refractivity contribution in [2.75, 3.05) is 39.5 Å². The normalized spacial score (nSPS) is 18.4. The molecule has 1 aliphatic carbocycles. The molecule has 2 aromatic heterocycles. The standard InChI is InChI=1S/C52H58FN9O13/c1-3-52(73)33-19-38-48-31(24-62(38)50(71)32(33)25-75-51(52)72)47-35(14-13-30-28(2)34(53)20-36(60-48)46(30)47)58-43(67)26-74-27-57-41(65)22-56-49(70)37(18-29-10-6-4-7-11-29)59-42(66)23-55-40(64)21-54-39(63)12-8-5-9-17-61-44(68)15-16-45(61)69/h4,6-7,10-11,15-16,19-20,35,37,51,72-73H,3,5,8-9,12-14,17-18,21-27H2,1-2H3,(H,54,63)(H,55,64)(H,56,70)(H,57,65)(H,58,67)(H,59,66)/t35-,37-,51?,52-/m0/s1. The van der Waals surface area contributed by atoms with Crippen molar-refractivity contribution < 1.29 is 62.4 Å². The molecule has 0 saturated carbocycles. The molecule has 22 nitrogen and oxygen atoms in total. The molecule has 1 unspecified atom stereocenters. The fourth-order valence-electron chi connectivity index (χ4n) is 9.87. The van der Waals surface area contributed by atoms with E-state index in [4.69, 9.17) is 14.5 Å². The summed E-state index contributed by atoms with van der Waals surface area (Å²) < 4.78 is 27.8. The van der Waals surface area contributed by atoms with E-state index in [0.29, 0.717) is 76.6 Å². The van der Waals surface area contributed by atoms with Crippen LogP contribution in [-0.2, 0) is 79.4 Å². The molecular weight excluding hydrogens is 978 g/mol. The van der Waals surface area contributed by atoms with Crippen LogP contribution >= 0.6 is 0 Å². The maximum absolute atomic E-state index is 15.4. The van der Waals surface area contributed by atoms with E-state index in [9.17, 15) is 53.4 Å². The number of nitrogens with zero attached hydrogens (tertiary/aromatic N) is 3.